The molecule has 0 radical (unpaired) electrons. The summed E-state index contributed by atoms with van der Waals surface area (Å²) in [6.45, 7) is 0.870. The molecule has 1 fully saturated rings. The van der Waals surface area contributed by atoms with E-state index in [0.717, 1.165) is 37.6 Å². The number of alkyl halides is 3. The van der Waals surface area contributed by atoms with E-state index in [2.05, 4.69) is 15.4 Å². The third-order valence-corrected chi connectivity index (χ3v) is 4.77. The van der Waals surface area contributed by atoms with E-state index < -0.39 is 52.6 Å². The lowest BCUT2D eigenvalue weighted by Crippen LogP contribution is -2.18. The van der Waals surface area contributed by atoms with Gasteiger partial charge in [-0.15, -0.1) is 0 Å². The molecule has 1 amide bonds. The number of benzene rings is 2. The smallest absolute Gasteiger partial charge is 0.400 e. The zero-order valence-corrected chi connectivity index (χ0v) is 18.4. The average Bonchev–Trinajstić information content (AvgIpc) is 3.31. The lowest BCUT2D eigenvalue weighted by Gasteiger charge is -2.12. The van der Waals surface area contributed by atoms with Crippen LogP contribution in [-0.4, -0.2) is 49.3 Å². The van der Waals surface area contributed by atoms with E-state index in [9.17, 15) is 31.1 Å². The minimum absolute atomic E-state index is 0.192. The summed E-state index contributed by atoms with van der Waals surface area (Å²) < 4.78 is 86.9. The molecule has 0 bridgehead atoms. The summed E-state index contributed by atoms with van der Waals surface area (Å²) in [5, 5.41) is 12.5. The lowest BCUT2D eigenvalue weighted by atomic mass is 10.1. The van der Waals surface area contributed by atoms with Crippen LogP contribution in [-0.2, 0) is 22.1 Å². The highest BCUT2D eigenvalue weighted by Gasteiger charge is 2.35. The number of hydrogen-bond donors (Lipinski definition) is 3. The molecule has 1 unspecified atom stereocenters. The van der Waals surface area contributed by atoms with Gasteiger partial charge in [0.1, 0.15) is 23.2 Å². The number of nitrogens with two attached hydrogens (primary N) is 1. The molecular weight excluding hydrogens is 482 g/mol. The van der Waals surface area contributed by atoms with Crippen LogP contribution in [0, 0.1) is 17.5 Å². The standard InChI is InChI=1S/C21H18F6N4O2.CH4O/c22-15-7-13(8-16(23)19(15)17(31-28)9-29-12-4-5-33-10-12)30-18(32)6-11-2-1-3-14(20(11)24)21(25,26)27;1-2/h1-3,7-9,12H,4-6,10,28H2,(H,30,32);2H,1H3/b29-9?,31-17+;. The van der Waals surface area contributed by atoms with Crippen LogP contribution in [0.25, 0.3) is 0 Å². The fourth-order valence-corrected chi connectivity index (χ4v) is 3.18. The number of hydrazone groups is 1. The molecule has 1 aliphatic heterocycles. The van der Waals surface area contributed by atoms with E-state index in [-0.39, 0.29) is 17.4 Å². The minimum Gasteiger partial charge on any atom is -0.400 e. The van der Waals surface area contributed by atoms with Gasteiger partial charge < -0.3 is 21.0 Å². The van der Waals surface area contributed by atoms with Crippen LogP contribution in [0.4, 0.5) is 32.0 Å². The van der Waals surface area contributed by atoms with Gasteiger partial charge in [0, 0.05) is 25.6 Å². The molecule has 1 saturated heterocycles. The number of aliphatic hydroxyl groups is 1. The second-order valence-electron chi connectivity index (χ2n) is 7.13. The zero-order valence-electron chi connectivity index (χ0n) is 18.4. The van der Waals surface area contributed by atoms with Crippen molar-refractivity contribution >= 4 is 23.5 Å². The Morgan fingerprint density at radius 2 is 1.89 bits per heavy atom. The highest BCUT2D eigenvalue weighted by atomic mass is 19.4. The second-order valence-corrected chi connectivity index (χ2v) is 7.13. The third kappa shape index (κ3) is 7.26. The van der Waals surface area contributed by atoms with Crippen molar-refractivity contribution in [2.24, 2.45) is 15.9 Å². The first-order valence-electron chi connectivity index (χ1n) is 10.1. The number of halogens is 6. The molecule has 0 spiro atoms. The first kappa shape index (κ1) is 27.8. The number of aliphatic hydroxyl groups excluding tert-OH is 1. The summed E-state index contributed by atoms with van der Waals surface area (Å²) in [7, 11) is 1.00. The van der Waals surface area contributed by atoms with Gasteiger partial charge in [0.05, 0.1) is 30.2 Å². The van der Waals surface area contributed by atoms with Crippen molar-refractivity contribution in [3.63, 3.8) is 0 Å². The van der Waals surface area contributed by atoms with Crippen molar-refractivity contribution in [3.8, 4) is 0 Å². The number of amides is 1. The molecule has 1 atom stereocenters. The van der Waals surface area contributed by atoms with Gasteiger partial charge in [-0.25, -0.2) is 13.2 Å². The van der Waals surface area contributed by atoms with Crippen LogP contribution in [0.5, 0.6) is 0 Å². The predicted octanol–water partition coefficient (Wildman–Crippen LogP) is 3.43. The number of rotatable bonds is 6. The van der Waals surface area contributed by atoms with Crippen LogP contribution in [0.2, 0.25) is 0 Å². The molecule has 0 saturated carbocycles. The Morgan fingerprint density at radius 1 is 1.23 bits per heavy atom. The van der Waals surface area contributed by atoms with Crippen molar-refractivity contribution in [1.82, 2.24) is 0 Å². The Bertz CT molecular complexity index is 1080. The molecule has 190 valence electrons. The van der Waals surface area contributed by atoms with Crippen molar-refractivity contribution in [2.45, 2.75) is 25.1 Å². The van der Waals surface area contributed by atoms with Crippen LogP contribution in [0.1, 0.15) is 23.1 Å². The molecular formula is C22H22F6N4O3. The first-order valence-corrected chi connectivity index (χ1v) is 10.1. The van der Waals surface area contributed by atoms with Crippen molar-refractivity contribution in [2.75, 3.05) is 25.6 Å². The summed E-state index contributed by atoms with van der Waals surface area (Å²) in [5.41, 5.74) is -3.23. The number of nitrogens with one attached hydrogen (secondary N) is 1. The van der Waals surface area contributed by atoms with Gasteiger partial charge in [-0.2, -0.15) is 18.3 Å². The van der Waals surface area contributed by atoms with Gasteiger partial charge >= 0.3 is 6.18 Å². The van der Waals surface area contributed by atoms with Gasteiger partial charge in [0.2, 0.25) is 5.91 Å². The monoisotopic (exact) mass is 504 g/mol. The van der Waals surface area contributed by atoms with Crippen LogP contribution >= 0.6 is 0 Å². The summed E-state index contributed by atoms with van der Waals surface area (Å²) in [5.74, 6) is 0.432. The minimum atomic E-state index is -4.94. The molecule has 4 N–H and O–H groups in total. The van der Waals surface area contributed by atoms with Crippen LogP contribution in [0.15, 0.2) is 40.4 Å². The normalized spacial score (nSPS) is 16.2. The topological polar surface area (TPSA) is 109 Å². The zero-order chi connectivity index (χ0) is 26.2. The van der Waals surface area contributed by atoms with Gasteiger partial charge in [0.15, 0.2) is 0 Å². The van der Waals surface area contributed by atoms with E-state index >= 15 is 0 Å². The Morgan fingerprint density at radius 3 is 2.43 bits per heavy atom. The number of hydrogen-bond acceptors (Lipinski definition) is 6. The van der Waals surface area contributed by atoms with Crippen molar-refractivity contribution in [3.05, 3.63) is 64.5 Å². The maximum absolute atomic E-state index is 14.6. The van der Waals surface area contributed by atoms with Gasteiger partial charge in [0.25, 0.3) is 0 Å². The largest absolute Gasteiger partial charge is 0.419 e. The first-order chi connectivity index (χ1) is 16.6. The van der Waals surface area contributed by atoms with E-state index in [1.54, 1.807) is 0 Å². The van der Waals surface area contributed by atoms with Gasteiger partial charge in [-0.1, -0.05) is 12.1 Å². The van der Waals surface area contributed by atoms with E-state index in [1.807, 2.05) is 0 Å². The quantitative estimate of drug-likeness (QED) is 0.242. The molecule has 2 aromatic rings. The van der Waals surface area contributed by atoms with E-state index in [1.165, 1.54) is 0 Å². The molecule has 3 rings (SSSR count). The Balaban J connectivity index is 0.00000210. The maximum atomic E-state index is 14.6. The highest BCUT2D eigenvalue weighted by molar-refractivity contribution is 6.38. The number of nitrogens with zero attached hydrogens (tertiary/aromatic N) is 2. The van der Waals surface area contributed by atoms with E-state index in [0.29, 0.717) is 25.7 Å². The number of carbonyl (C=O) groups excluding carboxylic acids is 1. The fraction of sp³-hybridized carbons (Fsp3) is 0.318. The van der Waals surface area contributed by atoms with Crippen molar-refractivity contribution < 1.29 is 41.0 Å². The summed E-state index contributed by atoms with van der Waals surface area (Å²) >= 11 is 0. The Hall–Kier alpha value is -3.45. The Labute approximate surface area is 196 Å². The highest BCUT2D eigenvalue weighted by Crippen LogP contribution is 2.32. The fourth-order valence-electron chi connectivity index (χ4n) is 3.18. The molecule has 0 aliphatic carbocycles. The molecule has 35 heavy (non-hydrogen) atoms. The number of aliphatic imine (C=N–C) groups is 1. The molecule has 2 aromatic carbocycles. The van der Waals surface area contributed by atoms with Crippen LogP contribution < -0.4 is 11.2 Å². The second kappa shape index (κ2) is 12.3. The molecule has 13 heteroatoms. The Kier molecular flexibility index (Phi) is 9.78. The number of carbonyl (C=O) groups is 1. The maximum Gasteiger partial charge on any atom is 0.419 e. The number of ether oxygens (including phenoxy) is 1. The van der Waals surface area contributed by atoms with Crippen molar-refractivity contribution in [1.29, 1.82) is 0 Å². The molecule has 1 aliphatic rings. The molecule has 0 aromatic heterocycles. The summed E-state index contributed by atoms with van der Waals surface area (Å²) in [4.78, 5) is 16.3. The number of anilines is 1. The molecule has 7 nitrogen and oxygen atoms in total. The van der Waals surface area contributed by atoms with Gasteiger partial charge in [-0.05, 0) is 30.2 Å². The SMILES string of the molecule is CO.N/N=C(\C=NC1CCOC1)c1c(F)cc(NC(=O)Cc2cccc(C(F)(F)F)c2F)cc1F. The van der Waals surface area contributed by atoms with E-state index in [4.69, 9.17) is 15.7 Å². The predicted molar refractivity (Wildman–Crippen MR) is 117 cm³/mol. The van der Waals surface area contributed by atoms with Crippen LogP contribution in [0.3, 0.4) is 0 Å². The summed E-state index contributed by atoms with van der Waals surface area (Å²) in [6, 6.07) is 3.86. The lowest BCUT2D eigenvalue weighted by molar-refractivity contribution is -0.140. The average molecular weight is 504 g/mol. The van der Waals surface area contributed by atoms with Gasteiger partial charge in [-0.3, -0.25) is 9.79 Å². The molecule has 1 heterocycles. The third-order valence-electron chi connectivity index (χ3n) is 4.77. The summed E-state index contributed by atoms with van der Waals surface area (Å²) in [6.07, 6.45) is -3.96.